The molecule has 3 heterocycles. The third-order valence-electron chi connectivity index (χ3n) is 7.08. The molecule has 0 unspecified atom stereocenters. The number of rotatable bonds is 8. The molecule has 0 atom stereocenters. The highest BCUT2D eigenvalue weighted by atomic mass is 32.1. The summed E-state index contributed by atoms with van der Waals surface area (Å²) in [6.07, 6.45) is 6.13. The number of thiazole rings is 1. The predicted molar refractivity (Wildman–Crippen MR) is 132 cm³/mol. The number of carbonyl (C=O) groups is 1. The Balaban J connectivity index is 1.05. The average molecular weight is 522 g/mol. The monoisotopic (exact) mass is 521 g/mol. The van der Waals surface area contributed by atoms with E-state index in [2.05, 4.69) is 15.2 Å². The maximum atomic E-state index is 13.1. The molecule has 1 aliphatic carbocycles. The molecule has 1 amide bonds. The van der Waals surface area contributed by atoms with E-state index < -0.39 is 12.5 Å². The van der Waals surface area contributed by atoms with Crippen LogP contribution in [0.3, 0.4) is 0 Å². The van der Waals surface area contributed by atoms with Gasteiger partial charge in [0.2, 0.25) is 0 Å². The van der Waals surface area contributed by atoms with Crippen LogP contribution in [0.4, 0.5) is 8.78 Å². The Morgan fingerprint density at radius 2 is 2.06 bits per heavy atom. The van der Waals surface area contributed by atoms with Crippen molar-refractivity contribution in [3.05, 3.63) is 34.3 Å². The highest BCUT2D eigenvalue weighted by Crippen LogP contribution is 2.35. The molecule has 0 saturated heterocycles. The Bertz CT molecular complexity index is 1070. The van der Waals surface area contributed by atoms with Crippen molar-refractivity contribution in [2.45, 2.75) is 64.0 Å². The van der Waals surface area contributed by atoms with E-state index in [4.69, 9.17) is 14.2 Å². The van der Waals surface area contributed by atoms with E-state index in [0.29, 0.717) is 41.4 Å². The van der Waals surface area contributed by atoms with Crippen molar-refractivity contribution >= 4 is 17.2 Å². The van der Waals surface area contributed by atoms with Crippen molar-refractivity contribution in [1.82, 2.24) is 15.2 Å². The van der Waals surface area contributed by atoms with E-state index in [1.165, 1.54) is 11.3 Å². The summed E-state index contributed by atoms with van der Waals surface area (Å²) in [5.74, 6) is -1.14. The van der Waals surface area contributed by atoms with Crippen LogP contribution in [0, 0.1) is 5.92 Å². The van der Waals surface area contributed by atoms with Crippen molar-refractivity contribution in [2.75, 3.05) is 32.9 Å². The standard InChI is InChI=1S/C26H33F2N3O4S/c1-26(27,28)16-35-25-30-20-15-31(12-10-22(20)36-25)11-9-17-5-7-18(8-6-17)29-24(32)19-3-2-4-21-23(19)34-14-13-33-21/h2-4,17-18H,5-16H2,1H3,(H,29,32). The molecule has 1 aromatic heterocycles. The number of hydrogen-bond donors (Lipinski definition) is 1. The van der Waals surface area contributed by atoms with Crippen molar-refractivity contribution in [2.24, 2.45) is 5.92 Å². The number of alkyl halides is 2. The van der Waals surface area contributed by atoms with E-state index in [1.54, 1.807) is 6.07 Å². The maximum absolute atomic E-state index is 13.1. The number of para-hydroxylation sites is 1. The molecule has 7 nitrogen and oxygen atoms in total. The van der Waals surface area contributed by atoms with Crippen LogP contribution in [0.5, 0.6) is 16.7 Å². The van der Waals surface area contributed by atoms with E-state index in [1.807, 2.05) is 12.1 Å². The second-order valence-electron chi connectivity index (χ2n) is 10.0. The molecule has 1 N–H and O–H groups in total. The Hall–Kier alpha value is -2.46. The first kappa shape index (κ1) is 25.2. The number of benzene rings is 1. The molecule has 1 saturated carbocycles. The number of ether oxygens (including phenoxy) is 3. The predicted octanol–water partition coefficient (Wildman–Crippen LogP) is 4.69. The Morgan fingerprint density at radius 1 is 1.25 bits per heavy atom. The van der Waals surface area contributed by atoms with Gasteiger partial charge in [0, 0.05) is 30.9 Å². The number of hydrogen-bond acceptors (Lipinski definition) is 7. The molecule has 0 radical (unpaired) electrons. The molecule has 2 aliphatic heterocycles. The average Bonchev–Trinajstić information content (AvgIpc) is 3.29. The summed E-state index contributed by atoms with van der Waals surface area (Å²) in [7, 11) is 0. The van der Waals surface area contributed by atoms with E-state index in [-0.39, 0.29) is 11.9 Å². The van der Waals surface area contributed by atoms with Crippen molar-refractivity contribution in [3.63, 3.8) is 0 Å². The molecule has 0 spiro atoms. The highest BCUT2D eigenvalue weighted by molar-refractivity contribution is 7.13. The van der Waals surface area contributed by atoms with Crippen LogP contribution in [-0.2, 0) is 13.0 Å². The lowest BCUT2D eigenvalue weighted by molar-refractivity contribution is -0.0230. The quantitative estimate of drug-likeness (QED) is 0.544. The number of fused-ring (bicyclic) bond motifs is 2. The van der Waals surface area contributed by atoms with Gasteiger partial charge in [-0.05, 0) is 63.1 Å². The van der Waals surface area contributed by atoms with Gasteiger partial charge in [0.05, 0.1) is 11.3 Å². The lowest BCUT2D eigenvalue weighted by Gasteiger charge is -2.32. The zero-order chi connectivity index (χ0) is 25.1. The molecule has 0 bridgehead atoms. The smallest absolute Gasteiger partial charge is 0.278 e. The SMILES string of the molecule is CC(F)(F)COc1nc2c(s1)CCN(CCC1CCC(NC(=O)c3cccc4c3OCCO4)CC1)C2. The Morgan fingerprint density at radius 3 is 2.86 bits per heavy atom. The molecule has 10 heteroatoms. The molecule has 196 valence electrons. The number of aromatic nitrogens is 1. The van der Waals surface area contributed by atoms with Gasteiger partial charge in [-0.2, -0.15) is 0 Å². The van der Waals surface area contributed by atoms with E-state index >= 15 is 0 Å². The van der Waals surface area contributed by atoms with Gasteiger partial charge in [-0.1, -0.05) is 17.4 Å². The first-order valence-corrected chi connectivity index (χ1v) is 13.6. The zero-order valence-corrected chi connectivity index (χ0v) is 21.4. The minimum absolute atomic E-state index is 0.0980. The van der Waals surface area contributed by atoms with Crippen LogP contribution in [-0.4, -0.2) is 60.7 Å². The van der Waals surface area contributed by atoms with Gasteiger partial charge >= 0.3 is 0 Å². The summed E-state index contributed by atoms with van der Waals surface area (Å²) in [5.41, 5.74) is 1.50. The van der Waals surface area contributed by atoms with E-state index in [9.17, 15) is 13.6 Å². The van der Waals surface area contributed by atoms with Gasteiger partial charge in [0.15, 0.2) is 18.1 Å². The van der Waals surface area contributed by atoms with Crippen LogP contribution in [0.1, 0.15) is 60.0 Å². The summed E-state index contributed by atoms with van der Waals surface area (Å²) in [4.78, 5) is 20.9. The Kier molecular flexibility index (Phi) is 7.62. The number of nitrogens with zero attached hydrogens (tertiary/aromatic N) is 2. The fraction of sp³-hybridized carbons (Fsp3) is 0.615. The highest BCUT2D eigenvalue weighted by Gasteiger charge is 2.28. The summed E-state index contributed by atoms with van der Waals surface area (Å²) < 4.78 is 42.6. The first-order chi connectivity index (χ1) is 17.3. The number of amides is 1. The summed E-state index contributed by atoms with van der Waals surface area (Å²) in [5, 5.41) is 3.54. The third kappa shape index (κ3) is 6.26. The summed E-state index contributed by atoms with van der Waals surface area (Å²) in [6, 6.07) is 5.62. The minimum atomic E-state index is -2.86. The topological polar surface area (TPSA) is 72.9 Å². The number of nitrogens with one attached hydrogen (secondary N) is 1. The number of halogens is 2. The minimum Gasteiger partial charge on any atom is -0.486 e. The largest absolute Gasteiger partial charge is 0.486 e. The van der Waals surface area contributed by atoms with Crippen molar-refractivity contribution in [1.29, 1.82) is 0 Å². The van der Waals surface area contributed by atoms with Gasteiger partial charge in [0.25, 0.3) is 17.0 Å². The second kappa shape index (κ2) is 10.9. The first-order valence-electron chi connectivity index (χ1n) is 12.7. The normalized spacial score (nSPS) is 22.1. The third-order valence-corrected chi connectivity index (χ3v) is 8.15. The fourth-order valence-electron chi connectivity index (χ4n) is 5.15. The summed E-state index contributed by atoms with van der Waals surface area (Å²) in [6.45, 7) is 3.87. The van der Waals surface area contributed by atoms with Crippen LogP contribution < -0.4 is 19.5 Å². The lowest BCUT2D eigenvalue weighted by Crippen LogP contribution is -2.38. The van der Waals surface area contributed by atoms with Gasteiger partial charge in [0.1, 0.15) is 13.2 Å². The molecule has 1 fully saturated rings. The van der Waals surface area contributed by atoms with Crippen LogP contribution in [0.2, 0.25) is 0 Å². The molecule has 2 aromatic rings. The summed E-state index contributed by atoms with van der Waals surface area (Å²) >= 11 is 1.39. The maximum Gasteiger partial charge on any atom is 0.278 e. The van der Waals surface area contributed by atoms with Gasteiger partial charge in [-0.25, -0.2) is 13.8 Å². The molecule has 3 aliphatic rings. The molecule has 1 aromatic carbocycles. The molecule has 36 heavy (non-hydrogen) atoms. The van der Waals surface area contributed by atoms with Crippen molar-refractivity contribution < 1.29 is 27.8 Å². The van der Waals surface area contributed by atoms with Crippen LogP contribution in [0.15, 0.2) is 18.2 Å². The van der Waals surface area contributed by atoms with Gasteiger partial charge in [-0.15, -0.1) is 0 Å². The molecular formula is C26H33F2N3O4S. The van der Waals surface area contributed by atoms with Gasteiger partial charge in [-0.3, -0.25) is 9.69 Å². The van der Waals surface area contributed by atoms with Crippen LogP contribution >= 0.6 is 11.3 Å². The molecular weight excluding hydrogens is 488 g/mol. The van der Waals surface area contributed by atoms with Crippen LogP contribution in [0.25, 0.3) is 0 Å². The number of carbonyl (C=O) groups excluding carboxylic acids is 1. The van der Waals surface area contributed by atoms with Crippen molar-refractivity contribution in [3.8, 4) is 16.7 Å². The van der Waals surface area contributed by atoms with E-state index in [0.717, 1.165) is 75.7 Å². The fourth-order valence-corrected chi connectivity index (χ4v) is 6.05. The zero-order valence-electron chi connectivity index (χ0n) is 20.6. The lowest BCUT2D eigenvalue weighted by atomic mass is 9.84. The Labute approximate surface area is 214 Å². The molecule has 5 rings (SSSR count). The second-order valence-corrected chi connectivity index (χ2v) is 11.1. The van der Waals surface area contributed by atoms with Gasteiger partial charge < -0.3 is 19.5 Å².